The van der Waals surface area contributed by atoms with Crippen LogP contribution in [-0.4, -0.2) is 29.2 Å². The predicted octanol–water partition coefficient (Wildman–Crippen LogP) is 4.72. The second-order valence-corrected chi connectivity index (χ2v) is 9.45. The first-order valence-electron chi connectivity index (χ1n) is 9.92. The van der Waals surface area contributed by atoms with Crippen LogP contribution < -0.4 is 0 Å². The van der Waals surface area contributed by atoms with Crippen LogP contribution in [0.25, 0.3) is 22.2 Å². The van der Waals surface area contributed by atoms with E-state index in [0.29, 0.717) is 34.9 Å². The molecule has 5 rings (SSSR count). The summed E-state index contributed by atoms with van der Waals surface area (Å²) in [5, 5.41) is 0. The van der Waals surface area contributed by atoms with Crippen molar-refractivity contribution in [3.8, 4) is 11.1 Å². The van der Waals surface area contributed by atoms with E-state index in [9.17, 15) is 8.42 Å². The van der Waals surface area contributed by atoms with Crippen LogP contribution in [0.15, 0.2) is 76.3 Å². The number of nitrogens with zero attached hydrogens (tertiary/aromatic N) is 3. The summed E-state index contributed by atoms with van der Waals surface area (Å²) in [4.78, 5) is 9.12. The summed E-state index contributed by atoms with van der Waals surface area (Å²) in [6.07, 6.45) is 5.00. The molecule has 6 nitrogen and oxygen atoms in total. The molecule has 1 aliphatic heterocycles. The Hall–Kier alpha value is -3.03. The largest absolute Gasteiger partial charge is 0.439 e. The van der Waals surface area contributed by atoms with E-state index in [4.69, 9.17) is 4.42 Å². The average Bonchev–Trinajstić information content (AvgIpc) is 3.41. The predicted molar refractivity (Wildman–Crippen MR) is 114 cm³/mol. The molecule has 0 amide bonds. The molecule has 1 saturated heterocycles. The van der Waals surface area contributed by atoms with E-state index in [0.717, 1.165) is 23.1 Å². The molecule has 30 heavy (non-hydrogen) atoms. The molecule has 0 N–H and O–H groups in total. The van der Waals surface area contributed by atoms with Crippen LogP contribution in [0.4, 0.5) is 0 Å². The zero-order valence-electron chi connectivity index (χ0n) is 16.5. The van der Waals surface area contributed by atoms with Gasteiger partial charge in [-0.15, -0.1) is 0 Å². The molecule has 4 aromatic rings. The fourth-order valence-corrected chi connectivity index (χ4v) is 5.57. The zero-order valence-corrected chi connectivity index (χ0v) is 17.3. The topological polar surface area (TPSA) is 76.3 Å². The Bertz CT molecular complexity index is 1300. The van der Waals surface area contributed by atoms with Crippen LogP contribution in [0, 0.1) is 6.92 Å². The average molecular weight is 420 g/mol. The number of hydrogen-bond donors (Lipinski definition) is 0. The molecule has 152 valence electrons. The van der Waals surface area contributed by atoms with Gasteiger partial charge in [0.25, 0.3) is 0 Å². The summed E-state index contributed by atoms with van der Waals surface area (Å²) < 4.78 is 34.0. The number of oxazole rings is 1. The van der Waals surface area contributed by atoms with Crippen molar-refractivity contribution in [2.45, 2.75) is 30.7 Å². The van der Waals surface area contributed by atoms with Crippen molar-refractivity contribution in [3.05, 3.63) is 78.4 Å². The maximum absolute atomic E-state index is 13.2. The fourth-order valence-electron chi connectivity index (χ4n) is 3.92. The lowest BCUT2D eigenvalue weighted by Crippen LogP contribution is -2.30. The number of rotatable bonds is 4. The maximum atomic E-state index is 13.2. The molecule has 0 spiro atoms. The molecule has 7 heteroatoms. The molecule has 0 unspecified atom stereocenters. The Kier molecular flexibility index (Phi) is 4.64. The van der Waals surface area contributed by atoms with Crippen molar-refractivity contribution in [3.63, 3.8) is 0 Å². The van der Waals surface area contributed by atoms with Crippen LogP contribution in [0.3, 0.4) is 0 Å². The lowest BCUT2D eigenvalue weighted by atomic mass is 10.1. The quantitative estimate of drug-likeness (QED) is 0.478. The second kappa shape index (κ2) is 7.34. The van der Waals surface area contributed by atoms with Crippen molar-refractivity contribution in [2.75, 3.05) is 6.54 Å². The fraction of sp³-hybridized carbons (Fsp3) is 0.217. The Balaban J connectivity index is 1.50. The first-order chi connectivity index (χ1) is 14.5. The van der Waals surface area contributed by atoms with E-state index >= 15 is 0 Å². The van der Waals surface area contributed by atoms with E-state index in [-0.39, 0.29) is 0 Å². The van der Waals surface area contributed by atoms with Gasteiger partial charge in [0.15, 0.2) is 5.58 Å². The van der Waals surface area contributed by atoms with Crippen LogP contribution >= 0.6 is 0 Å². The molecule has 2 aromatic heterocycles. The molecular formula is C23H21N3O3S. The minimum Gasteiger partial charge on any atom is -0.439 e. The minimum absolute atomic E-state index is 0.301. The highest BCUT2D eigenvalue weighted by atomic mass is 32.2. The Morgan fingerprint density at radius 3 is 2.67 bits per heavy atom. The monoisotopic (exact) mass is 419 g/mol. The van der Waals surface area contributed by atoms with Gasteiger partial charge in [0.05, 0.1) is 4.90 Å². The lowest BCUT2D eigenvalue weighted by molar-refractivity contribution is 0.337. The summed E-state index contributed by atoms with van der Waals surface area (Å²) in [7, 11) is -3.62. The molecule has 1 fully saturated rings. The molecule has 0 aliphatic carbocycles. The van der Waals surface area contributed by atoms with E-state index in [2.05, 4.69) is 9.97 Å². The molecule has 0 bridgehead atoms. The van der Waals surface area contributed by atoms with E-state index in [1.54, 1.807) is 24.5 Å². The Morgan fingerprint density at radius 2 is 1.90 bits per heavy atom. The van der Waals surface area contributed by atoms with Crippen molar-refractivity contribution in [2.24, 2.45) is 0 Å². The molecule has 0 radical (unpaired) electrons. The van der Waals surface area contributed by atoms with Crippen LogP contribution in [0.1, 0.15) is 30.3 Å². The van der Waals surface area contributed by atoms with Gasteiger partial charge in [-0.2, -0.15) is 4.31 Å². The van der Waals surface area contributed by atoms with Gasteiger partial charge >= 0.3 is 0 Å². The Labute approximate surface area is 175 Å². The second-order valence-electron chi connectivity index (χ2n) is 7.56. The lowest BCUT2D eigenvalue weighted by Gasteiger charge is -2.21. The van der Waals surface area contributed by atoms with E-state index in [1.165, 1.54) is 4.31 Å². The third-order valence-electron chi connectivity index (χ3n) is 5.52. The molecule has 2 aromatic carbocycles. The molecule has 0 saturated carbocycles. The normalized spacial score (nSPS) is 17.6. The zero-order chi connectivity index (χ0) is 20.7. The summed E-state index contributed by atoms with van der Waals surface area (Å²) in [6.45, 7) is 2.40. The van der Waals surface area contributed by atoms with E-state index in [1.807, 2.05) is 49.4 Å². The smallest absolute Gasteiger partial charge is 0.243 e. The first-order valence-corrected chi connectivity index (χ1v) is 11.4. The number of hydrogen-bond acceptors (Lipinski definition) is 5. The highest BCUT2D eigenvalue weighted by Gasteiger charge is 2.39. The van der Waals surface area contributed by atoms with Crippen LogP contribution in [0.5, 0.6) is 0 Å². The van der Waals surface area contributed by atoms with Crippen molar-refractivity contribution in [1.29, 1.82) is 0 Å². The van der Waals surface area contributed by atoms with Crippen LogP contribution in [0.2, 0.25) is 0 Å². The van der Waals surface area contributed by atoms with Gasteiger partial charge in [0.2, 0.25) is 15.9 Å². The first kappa shape index (κ1) is 19.0. The number of sulfonamides is 1. The summed E-state index contributed by atoms with van der Waals surface area (Å²) in [5.41, 5.74) is 4.37. The third-order valence-corrected chi connectivity index (χ3v) is 7.44. The number of benzene rings is 2. The summed E-state index contributed by atoms with van der Waals surface area (Å²) in [6, 6.07) is 16.2. The van der Waals surface area contributed by atoms with Gasteiger partial charge in [0, 0.05) is 24.5 Å². The minimum atomic E-state index is -3.62. The van der Waals surface area contributed by atoms with Gasteiger partial charge in [-0.25, -0.2) is 13.4 Å². The summed E-state index contributed by atoms with van der Waals surface area (Å²) >= 11 is 0. The van der Waals surface area contributed by atoms with Gasteiger partial charge in [-0.1, -0.05) is 29.8 Å². The highest BCUT2D eigenvalue weighted by molar-refractivity contribution is 7.89. The molecule has 3 heterocycles. The molecule has 1 atom stereocenters. The van der Waals surface area contributed by atoms with Gasteiger partial charge in [-0.3, -0.25) is 4.98 Å². The SMILES string of the molecule is Cc1ccc(S(=O)(=O)N2CCC[C@@H]2c2nc3cc(-c4cccnc4)ccc3o2)cc1. The summed E-state index contributed by atoms with van der Waals surface area (Å²) in [5.74, 6) is 0.446. The van der Waals surface area contributed by atoms with Gasteiger partial charge in [0.1, 0.15) is 11.6 Å². The number of aryl methyl sites for hydroxylation is 1. The van der Waals surface area contributed by atoms with E-state index < -0.39 is 16.1 Å². The van der Waals surface area contributed by atoms with Crippen molar-refractivity contribution >= 4 is 21.1 Å². The standard InChI is InChI=1S/C23H21N3O3S/c1-16-6-9-19(10-7-16)30(27,28)26-13-3-5-21(26)23-25-20-14-17(8-11-22(20)29-23)18-4-2-12-24-15-18/h2,4,6-12,14-15,21H,3,5,13H2,1H3/t21-/m1/s1. The molecular weight excluding hydrogens is 398 g/mol. The Morgan fingerprint density at radius 1 is 1.07 bits per heavy atom. The van der Waals surface area contributed by atoms with Gasteiger partial charge < -0.3 is 4.42 Å². The maximum Gasteiger partial charge on any atom is 0.243 e. The number of fused-ring (bicyclic) bond motifs is 1. The van der Waals surface area contributed by atoms with Gasteiger partial charge in [-0.05, 0) is 55.7 Å². The third kappa shape index (κ3) is 3.30. The van der Waals surface area contributed by atoms with Crippen molar-refractivity contribution in [1.82, 2.24) is 14.3 Å². The number of aromatic nitrogens is 2. The van der Waals surface area contributed by atoms with Crippen LogP contribution in [-0.2, 0) is 10.0 Å². The number of pyridine rings is 1. The molecule has 1 aliphatic rings. The van der Waals surface area contributed by atoms with Crippen molar-refractivity contribution < 1.29 is 12.8 Å². The highest BCUT2D eigenvalue weighted by Crippen LogP contribution is 2.37.